The van der Waals surface area contributed by atoms with Gasteiger partial charge in [0, 0.05) is 22.4 Å². The largest absolute Gasteiger partial charge is 0.352 e. The minimum absolute atomic E-state index is 0.126. The van der Waals surface area contributed by atoms with Crippen LogP contribution in [0.25, 0.3) is 16.6 Å². The Balaban J connectivity index is 1.62. The second-order valence-electron chi connectivity index (χ2n) is 9.05. The molecule has 2 amide bonds. The molecule has 6 nitrogen and oxygen atoms in total. The molecule has 0 spiro atoms. The van der Waals surface area contributed by atoms with Crippen LogP contribution in [-0.2, 0) is 11.3 Å². The van der Waals surface area contributed by atoms with Crippen LogP contribution in [-0.4, -0.2) is 21.6 Å². The van der Waals surface area contributed by atoms with Gasteiger partial charge in [-0.1, -0.05) is 67.7 Å². The van der Waals surface area contributed by atoms with Crippen LogP contribution in [0.3, 0.4) is 0 Å². The number of fused-ring (bicyclic) bond motifs is 1. The van der Waals surface area contributed by atoms with Crippen LogP contribution in [0.1, 0.15) is 36.7 Å². The van der Waals surface area contributed by atoms with Gasteiger partial charge in [0.25, 0.3) is 5.91 Å². The Labute approximate surface area is 218 Å². The molecule has 1 aromatic heterocycles. The summed E-state index contributed by atoms with van der Waals surface area (Å²) in [7, 11) is 0. The monoisotopic (exact) mass is 528 g/mol. The summed E-state index contributed by atoms with van der Waals surface area (Å²) in [5.41, 5.74) is 2.38. The molecular formula is C26H23Cl3N4O2. The first-order valence-electron chi connectivity index (χ1n) is 10.9. The Morgan fingerprint density at radius 1 is 0.971 bits per heavy atom. The molecule has 3 aromatic carbocycles. The first-order chi connectivity index (χ1) is 16.6. The molecule has 0 aliphatic carbocycles. The van der Waals surface area contributed by atoms with Crippen molar-refractivity contribution in [1.29, 1.82) is 0 Å². The van der Waals surface area contributed by atoms with Gasteiger partial charge in [0.2, 0.25) is 5.91 Å². The number of amides is 2. The van der Waals surface area contributed by atoms with Gasteiger partial charge in [0.1, 0.15) is 0 Å². The summed E-state index contributed by atoms with van der Waals surface area (Å²) in [5, 5.41) is 12.0. The fraction of sp³-hybridized carbons (Fsp3) is 0.192. The molecule has 0 aliphatic heterocycles. The molecule has 1 heterocycles. The maximum absolute atomic E-state index is 13.3. The number of carbonyl (C=O) groups excluding carboxylic acids is 2. The Bertz CT molecular complexity index is 1420. The molecule has 0 atom stereocenters. The minimum Gasteiger partial charge on any atom is -0.352 e. The Kier molecular flexibility index (Phi) is 7.08. The van der Waals surface area contributed by atoms with E-state index in [0.29, 0.717) is 16.3 Å². The zero-order valence-corrected chi connectivity index (χ0v) is 21.6. The standard InChI is InChI=1S/C26H23Cl3N4O2/c1-26(2,3)25(35)30-13-15-7-12-19(28)22(23(15)29)24(34)32-20-5-4-6-21-18(20)14-31-33(21)17-10-8-16(27)9-11-17/h4-12,14H,13H2,1-3H3,(H,30,35)(H,32,34). The third-order valence-corrected chi connectivity index (χ3v) is 6.45. The second-order valence-corrected chi connectivity index (χ2v) is 10.3. The number of hydrogen-bond donors (Lipinski definition) is 2. The van der Waals surface area contributed by atoms with Gasteiger partial charge in [0.15, 0.2) is 0 Å². The number of nitrogens with zero attached hydrogens (tertiary/aromatic N) is 2. The lowest BCUT2D eigenvalue weighted by Gasteiger charge is -2.18. The third-order valence-electron chi connectivity index (χ3n) is 5.45. The van der Waals surface area contributed by atoms with Crippen LogP contribution in [0.5, 0.6) is 0 Å². The lowest BCUT2D eigenvalue weighted by molar-refractivity contribution is -0.128. The van der Waals surface area contributed by atoms with Crippen molar-refractivity contribution < 1.29 is 9.59 Å². The lowest BCUT2D eigenvalue weighted by atomic mass is 9.95. The van der Waals surface area contributed by atoms with E-state index in [2.05, 4.69) is 15.7 Å². The SMILES string of the molecule is CC(C)(C)C(=O)NCc1ccc(Cl)c(C(=O)Nc2cccc3c2cnn3-c2ccc(Cl)cc2)c1Cl. The fourth-order valence-corrected chi connectivity index (χ4v) is 4.25. The van der Waals surface area contributed by atoms with Crippen molar-refractivity contribution >= 4 is 63.2 Å². The van der Waals surface area contributed by atoms with Gasteiger partial charge in [-0.15, -0.1) is 0 Å². The predicted octanol–water partition coefficient (Wildman–Crippen LogP) is 6.90. The van der Waals surface area contributed by atoms with Crippen molar-refractivity contribution in [3.8, 4) is 5.69 Å². The van der Waals surface area contributed by atoms with E-state index in [0.717, 1.165) is 16.6 Å². The van der Waals surface area contributed by atoms with E-state index in [4.69, 9.17) is 34.8 Å². The van der Waals surface area contributed by atoms with Gasteiger partial charge >= 0.3 is 0 Å². The quantitative estimate of drug-likeness (QED) is 0.295. The number of carbonyl (C=O) groups is 2. The van der Waals surface area contributed by atoms with Crippen LogP contribution < -0.4 is 10.6 Å². The number of anilines is 1. The first-order valence-corrected chi connectivity index (χ1v) is 12.0. The average Bonchev–Trinajstić information content (AvgIpc) is 3.23. The topological polar surface area (TPSA) is 76.0 Å². The average molecular weight is 530 g/mol. The lowest BCUT2D eigenvalue weighted by Crippen LogP contribution is -2.34. The molecule has 0 fully saturated rings. The number of aromatic nitrogens is 2. The molecule has 0 unspecified atom stereocenters. The molecule has 0 bridgehead atoms. The number of hydrogen-bond acceptors (Lipinski definition) is 3. The maximum atomic E-state index is 13.3. The van der Waals surface area contributed by atoms with Gasteiger partial charge in [-0.3, -0.25) is 9.59 Å². The van der Waals surface area contributed by atoms with Crippen LogP contribution in [0.2, 0.25) is 15.1 Å². The number of benzene rings is 3. The molecule has 9 heteroatoms. The molecule has 0 saturated carbocycles. The van der Waals surface area contributed by atoms with E-state index in [9.17, 15) is 9.59 Å². The van der Waals surface area contributed by atoms with Crippen molar-refractivity contribution in [2.45, 2.75) is 27.3 Å². The van der Waals surface area contributed by atoms with E-state index in [1.54, 1.807) is 41.2 Å². The zero-order valence-electron chi connectivity index (χ0n) is 19.3. The fourth-order valence-electron chi connectivity index (χ4n) is 3.51. The second kappa shape index (κ2) is 9.90. The van der Waals surface area contributed by atoms with Gasteiger partial charge in [-0.25, -0.2) is 4.68 Å². The molecule has 2 N–H and O–H groups in total. The molecule has 0 aliphatic rings. The highest BCUT2D eigenvalue weighted by Crippen LogP contribution is 2.31. The highest BCUT2D eigenvalue weighted by Gasteiger charge is 2.23. The summed E-state index contributed by atoms with van der Waals surface area (Å²) in [5.74, 6) is -0.588. The highest BCUT2D eigenvalue weighted by atomic mass is 35.5. The van der Waals surface area contributed by atoms with Crippen molar-refractivity contribution in [3.63, 3.8) is 0 Å². The van der Waals surface area contributed by atoms with Crippen molar-refractivity contribution in [2.24, 2.45) is 5.41 Å². The van der Waals surface area contributed by atoms with Gasteiger partial charge in [-0.05, 0) is 48.0 Å². The van der Waals surface area contributed by atoms with Crippen molar-refractivity contribution in [3.05, 3.63) is 87.0 Å². The van der Waals surface area contributed by atoms with Gasteiger partial charge in [-0.2, -0.15) is 5.10 Å². The van der Waals surface area contributed by atoms with Crippen LogP contribution in [0, 0.1) is 5.41 Å². The van der Waals surface area contributed by atoms with Gasteiger partial charge in [0.05, 0.1) is 38.7 Å². The molecule has 180 valence electrons. The smallest absolute Gasteiger partial charge is 0.258 e. The predicted molar refractivity (Wildman–Crippen MR) is 142 cm³/mol. The van der Waals surface area contributed by atoms with E-state index < -0.39 is 11.3 Å². The number of halogens is 3. The normalized spacial score (nSPS) is 11.5. The Morgan fingerprint density at radius 2 is 1.69 bits per heavy atom. The van der Waals surface area contributed by atoms with E-state index in [1.165, 1.54) is 0 Å². The summed E-state index contributed by atoms with van der Waals surface area (Å²) in [4.78, 5) is 25.5. The molecule has 0 radical (unpaired) electrons. The zero-order chi connectivity index (χ0) is 25.3. The van der Waals surface area contributed by atoms with Crippen LogP contribution in [0.15, 0.2) is 60.8 Å². The first kappa shape index (κ1) is 25.0. The minimum atomic E-state index is -0.547. The van der Waals surface area contributed by atoms with E-state index >= 15 is 0 Å². The third kappa shape index (κ3) is 5.30. The molecule has 4 aromatic rings. The van der Waals surface area contributed by atoms with Crippen molar-refractivity contribution in [2.75, 3.05) is 5.32 Å². The number of rotatable bonds is 5. The summed E-state index contributed by atoms with van der Waals surface area (Å²) >= 11 is 18.9. The summed E-state index contributed by atoms with van der Waals surface area (Å²) in [6.07, 6.45) is 1.68. The number of nitrogens with one attached hydrogen (secondary N) is 2. The maximum Gasteiger partial charge on any atom is 0.258 e. The van der Waals surface area contributed by atoms with Crippen molar-refractivity contribution in [1.82, 2.24) is 15.1 Å². The van der Waals surface area contributed by atoms with Crippen LogP contribution in [0.4, 0.5) is 5.69 Å². The van der Waals surface area contributed by atoms with E-state index in [1.807, 2.05) is 45.0 Å². The Morgan fingerprint density at radius 3 is 2.37 bits per heavy atom. The Hall–Kier alpha value is -3.06. The summed E-state index contributed by atoms with van der Waals surface area (Å²) < 4.78 is 1.76. The summed E-state index contributed by atoms with van der Waals surface area (Å²) in [6.45, 7) is 5.64. The molecule has 35 heavy (non-hydrogen) atoms. The summed E-state index contributed by atoms with van der Waals surface area (Å²) in [6, 6.07) is 16.1. The molecule has 0 saturated heterocycles. The molecule has 4 rings (SSSR count). The van der Waals surface area contributed by atoms with Gasteiger partial charge < -0.3 is 10.6 Å². The highest BCUT2D eigenvalue weighted by molar-refractivity contribution is 6.41. The molecular weight excluding hydrogens is 507 g/mol. The van der Waals surface area contributed by atoms with Crippen LogP contribution >= 0.6 is 34.8 Å². The van der Waals surface area contributed by atoms with E-state index in [-0.39, 0.29) is 28.1 Å².